The molecule has 0 aromatic heterocycles. The normalized spacial score (nSPS) is 13.7. The molecular formula is C14H21ClN2O2. The van der Waals surface area contributed by atoms with Gasteiger partial charge in [-0.2, -0.15) is 0 Å². The van der Waals surface area contributed by atoms with Gasteiger partial charge in [0.25, 0.3) is 5.91 Å². The quantitative estimate of drug-likeness (QED) is 0.807. The maximum absolute atomic E-state index is 11.8. The summed E-state index contributed by atoms with van der Waals surface area (Å²) in [5, 5.41) is 6.66. The van der Waals surface area contributed by atoms with Crippen LogP contribution in [0.5, 0.6) is 5.75 Å². The molecule has 4 nitrogen and oxygen atoms in total. The Morgan fingerprint density at radius 1 is 1.42 bits per heavy atom. The average molecular weight is 285 g/mol. The van der Waals surface area contributed by atoms with Crippen molar-refractivity contribution in [2.75, 3.05) is 13.1 Å². The maximum atomic E-state index is 11.8. The second-order valence-electron chi connectivity index (χ2n) is 4.42. The average Bonchev–Trinajstić information content (AvgIpc) is 2.36. The van der Waals surface area contributed by atoms with Crippen molar-refractivity contribution in [1.29, 1.82) is 0 Å². The third-order valence-electron chi connectivity index (χ3n) is 2.61. The van der Waals surface area contributed by atoms with Gasteiger partial charge in [-0.3, -0.25) is 4.79 Å². The van der Waals surface area contributed by atoms with Gasteiger partial charge in [-0.25, -0.2) is 0 Å². The highest BCUT2D eigenvalue weighted by Crippen LogP contribution is 2.18. The molecule has 19 heavy (non-hydrogen) atoms. The molecule has 5 heteroatoms. The molecule has 2 atom stereocenters. The molecule has 0 bridgehead atoms. The number of benzene rings is 1. The number of nitrogens with one attached hydrogen (secondary N) is 2. The van der Waals surface area contributed by atoms with Gasteiger partial charge in [-0.1, -0.05) is 24.6 Å². The first-order chi connectivity index (χ1) is 9.02. The van der Waals surface area contributed by atoms with Gasteiger partial charge < -0.3 is 15.4 Å². The number of hydrogen-bond donors (Lipinski definition) is 2. The Hall–Kier alpha value is -1.26. The first kappa shape index (κ1) is 15.8. The Morgan fingerprint density at radius 3 is 2.79 bits per heavy atom. The van der Waals surface area contributed by atoms with Crippen LogP contribution in [-0.2, 0) is 4.79 Å². The zero-order chi connectivity index (χ0) is 14.3. The van der Waals surface area contributed by atoms with E-state index in [1.807, 2.05) is 13.8 Å². The summed E-state index contributed by atoms with van der Waals surface area (Å²) in [5.74, 6) is 0.458. The van der Waals surface area contributed by atoms with Crippen molar-refractivity contribution in [3.05, 3.63) is 29.3 Å². The lowest BCUT2D eigenvalue weighted by molar-refractivity contribution is -0.127. The van der Waals surface area contributed by atoms with Crippen molar-refractivity contribution in [1.82, 2.24) is 10.6 Å². The summed E-state index contributed by atoms with van der Waals surface area (Å²) in [7, 11) is 0. The SMILES string of the molecule is CCN[C@H](C)CNC(=O)C(C)Oc1cccc(Cl)c1. The third-order valence-corrected chi connectivity index (χ3v) is 2.85. The van der Waals surface area contributed by atoms with Gasteiger partial charge >= 0.3 is 0 Å². The van der Waals surface area contributed by atoms with E-state index in [0.717, 1.165) is 6.54 Å². The lowest BCUT2D eigenvalue weighted by Gasteiger charge is -2.17. The highest BCUT2D eigenvalue weighted by atomic mass is 35.5. The van der Waals surface area contributed by atoms with Crippen LogP contribution >= 0.6 is 11.6 Å². The largest absolute Gasteiger partial charge is 0.481 e. The Bertz CT molecular complexity index is 412. The minimum absolute atomic E-state index is 0.135. The van der Waals surface area contributed by atoms with Crippen LogP contribution in [0.25, 0.3) is 0 Å². The second-order valence-corrected chi connectivity index (χ2v) is 4.86. The van der Waals surface area contributed by atoms with Gasteiger partial charge in [-0.05, 0) is 38.6 Å². The predicted molar refractivity (Wildman–Crippen MR) is 77.7 cm³/mol. The lowest BCUT2D eigenvalue weighted by Crippen LogP contribution is -2.43. The van der Waals surface area contributed by atoms with Crippen LogP contribution in [0, 0.1) is 0 Å². The first-order valence-corrected chi connectivity index (χ1v) is 6.84. The minimum atomic E-state index is -0.549. The van der Waals surface area contributed by atoms with Crippen molar-refractivity contribution >= 4 is 17.5 Å². The molecular weight excluding hydrogens is 264 g/mol. The van der Waals surface area contributed by atoms with E-state index in [1.54, 1.807) is 31.2 Å². The van der Waals surface area contributed by atoms with Crippen LogP contribution in [0.3, 0.4) is 0 Å². The van der Waals surface area contributed by atoms with Crippen molar-refractivity contribution in [2.24, 2.45) is 0 Å². The summed E-state index contributed by atoms with van der Waals surface area (Å²) < 4.78 is 5.53. The Morgan fingerprint density at radius 2 is 2.16 bits per heavy atom. The Labute approximate surface area is 119 Å². The number of halogens is 1. The number of ether oxygens (including phenoxy) is 1. The summed E-state index contributed by atoms with van der Waals surface area (Å²) in [4.78, 5) is 11.8. The molecule has 106 valence electrons. The van der Waals surface area contributed by atoms with Gasteiger partial charge in [0.15, 0.2) is 6.10 Å². The van der Waals surface area contributed by atoms with Crippen LogP contribution in [0.1, 0.15) is 20.8 Å². The molecule has 0 fully saturated rings. The summed E-state index contributed by atoms with van der Waals surface area (Å²) in [6.07, 6.45) is -0.549. The highest BCUT2D eigenvalue weighted by molar-refractivity contribution is 6.30. The van der Waals surface area contributed by atoms with Crippen molar-refractivity contribution in [3.63, 3.8) is 0 Å². The van der Waals surface area contributed by atoms with Crippen molar-refractivity contribution < 1.29 is 9.53 Å². The van der Waals surface area contributed by atoms with Gasteiger partial charge in [0.05, 0.1) is 0 Å². The number of carbonyl (C=O) groups excluding carboxylic acids is 1. The van der Waals surface area contributed by atoms with E-state index in [-0.39, 0.29) is 11.9 Å². The third kappa shape index (κ3) is 5.94. The summed E-state index contributed by atoms with van der Waals surface area (Å²) >= 11 is 5.86. The van der Waals surface area contributed by atoms with E-state index in [9.17, 15) is 4.79 Å². The van der Waals surface area contributed by atoms with E-state index in [4.69, 9.17) is 16.3 Å². The first-order valence-electron chi connectivity index (χ1n) is 6.46. The standard InChI is InChI=1S/C14H21ClN2O2/c1-4-16-10(2)9-17-14(18)11(3)19-13-7-5-6-12(15)8-13/h5-8,10-11,16H,4,9H2,1-3H3,(H,17,18)/t10-,11?/m1/s1. The molecule has 0 spiro atoms. The number of amides is 1. The van der Waals surface area contributed by atoms with Crippen molar-refractivity contribution in [3.8, 4) is 5.75 Å². The van der Waals surface area contributed by atoms with E-state index < -0.39 is 6.10 Å². The fourth-order valence-electron chi connectivity index (χ4n) is 1.62. The molecule has 0 aliphatic heterocycles. The smallest absolute Gasteiger partial charge is 0.260 e. The molecule has 1 amide bonds. The van der Waals surface area contributed by atoms with Gasteiger partial charge in [0, 0.05) is 17.6 Å². The number of likely N-dealkylation sites (N-methyl/N-ethyl adjacent to an activating group) is 1. The van der Waals surface area contributed by atoms with Crippen LogP contribution in [0.15, 0.2) is 24.3 Å². The highest BCUT2D eigenvalue weighted by Gasteiger charge is 2.15. The zero-order valence-electron chi connectivity index (χ0n) is 11.6. The van der Waals surface area contributed by atoms with E-state index in [0.29, 0.717) is 17.3 Å². The van der Waals surface area contributed by atoms with Gasteiger partial charge in [0.1, 0.15) is 5.75 Å². The van der Waals surface area contributed by atoms with Crippen LogP contribution in [0.2, 0.25) is 5.02 Å². The summed E-state index contributed by atoms with van der Waals surface area (Å²) in [5.41, 5.74) is 0. The number of carbonyl (C=O) groups is 1. The maximum Gasteiger partial charge on any atom is 0.260 e. The molecule has 1 unspecified atom stereocenters. The number of rotatable bonds is 7. The molecule has 0 saturated carbocycles. The summed E-state index contributed by atoms with van der Waals surface area (Å²) in [6, 6.07) is 7.25. The zero-order valence-corrected chi connectivity index (χ0v) is 12.3. The molecule has 0 aliphatic carbocycles. The van der Waals surface area contributed by atoms with Crippen LogP contribution in [-0.4, -0.2) is 31.1 Å². The molecule has 2 N–H and O–H groups in total. The van der Waals surface area contributed by atoms with Crippen LogP contribution < -0.4 is 15.4 Å². The van der Waals surface area contributed by atoms with E-state index >= 15 is 0 Å². The van der Waals surface area contributed by atoms with Crippen LogP contribution in [0.4, 0.5) is 0 Å². The Kier molecular flexibility index (Phi) is 6.67. The number of hydrogen-bond acceptors (Lipinski definition) is 3. The fraction of sp³-hybridized carbons (Fsp3) is 0.500. The predicted octanol–water partition coefficient (Wildman–Crippen LogP) is 2.22. The van der Waals surface area contributed by atoms with Gasteiger partial charge in [0.2, 0.25) is 0 Å². The fourth-order valence-corrected chi connectivity index (χ4v) is 1.80. The molecule has 0 saturated heterocycles. The molecule has 0 radical (unpaired) electrons. The lowest BCUT2D eigenvalue weighted by atomic mass is 10.3. The van der Waals surface area contributed by atoms with E-state index in [1.165, 1.54) is 0 Å². The Balaban J connectivity index is 2.40. The second kappa shape index (κ2) is 8.02. The van der Waals surface area contributed by atoms with Crippen molar-refractivity contribution in [2.45, 2.75) is 32.9 Å². The monoisotopic (exact) mass is 284 g/mol. The molecule has 1 aromatic carbocycles. The molecule has 1 aromatic rings. The van der Waals surface area contributed by atoms with Gasteiger partial charge in [-0.15, -0.1) is 0 Å². The molecule has 0 aliphatic rings. The molecule has 0 heterocycles. The molecule has 1 rings (SSSR count). The summed E-state index contributed by atoms with van der Waals surface area (Å²) in [6.45, 7) is 7.23. The topological polar surface area (TPSA) is 50.4 Å². The minimum Gasteiger partial charge on any atom is -0.481 e. The van der Waals surface area contributed by atoms with E-state index in [2.05, 4.69) is 10.6 Å².